The topological polar surface area (TPSA) is 24.1 Å². The maximum absolute atomic E-state index is 3.80. The van der Waals surface area contributed by atoms with Crippen LogP contribution in [0.4, 0.5) is 0 Å². The molecule has 0 aromatic carbocycles. The fourth-order valence-corrected chi connectivity index (χ4v) is 3.96. The van der Waals surface area contributed by atoms with Gasteiger partial charge in [0, 0.05) is 17.6 Å². The van der Waals surface area contributed by atoms with Crippen molar-refractivity contribution < 1.29 is 0 Å². The number of rotatable bonds is 4. The number of hydrogen-bond acceptors (Lipinski definition) is 2. The molecule has 2 rings (SSSR count). The average Bonchev–Trinajstić information content (AvgIpc) is 2.71. The summed E-state index contributed by atoms with van der Waals surface area (Å²) in [5.74, 6) is 0.869. The normalized spacial score (nSPS) is 33.4. The Bertz CT molecular complexity index is 265. The van der Waals surface area contributed by atoms with E-state index in [0.29, 0.717) is 5.41 Å². The molecular formula is C15H30N2. The van der Waals surface area contributed by atoms with E-state index in [9.17, 15) is 0 Å². The molecule has 2 nitrogen and oxygen atoms in total. The smallest absolute Gasteiger partial charge is 0.0130 e. The fourth-order valence-electron chi connectivity index (χ4n) is 3.96. The molecule has 0 aliphatic carbocycles. The third-order valence-electron chi connectivity index (χ3n) is 4.25. The zero-order valence-corrected chi connectivity index (χ0v) is 12.3. The van der Waals surface area contributed by atoms with Crippen LogP contribution in [0.2, 0.25) is 0 Å². The molecule has 2 fully saturated rings. The maximum atomic E-state index is 3.80. The van der Waals surface area contributed by atoms with Crippen LogP contribution in [0.1, 0.15) is 60.3 Å². The van der Waals surface area contributed by atoms with Gasteiger partial charge >= 0.3 is 0 Å². The molecule has 0 radical (unpaired) electrons. The molecule has 2 aliphatic rings. The lowest BCUT2D eigenvalue weighted by atomic mass is 9.81. The van der Waals surface area contributed by atoms with Crippen LogP contribution >= 0.6 is 0 Å². The molecule has 2 aliphatic heterocycles. The number of fused-ring (bicyclic) bond motifs is 2. The standard InChI is InChI=1S/C15H30N2/c1-14(2,3)10-15(4,5)16-9-11-8-12-6-7-13(11)17-12/h11-13,16-17H,6-10H2,1-5H3. The van der Waals surface area contributed by atoms with Gasteiger partial charge < -0.3 is 10.6 Å². The minimum Gasteiger partial charge on any atom is -0.311 e. The predicted molar refractivity (Wildman–Crippen MR) is 74.2 cm³/mol. The van der Waals surface area contributed by atoms with Gasteiger partial charge in [0.1, 0.15) is 0 Å². The molecule has 17 heavy (non-hydrogen) atoms. The summed E-state index contributed by atoms with van der Waals surface area (Å²) in [5, 5.41) is 7.52. The van der Waals surface area contributed by atoms with Gasteiger partial charge in [0.05, 0.1) is 0 Å². The summed E-state index contributed by atoms with van der Waals surface area (Å²) in [4.78, 5) is 0. The molecule has 0 aromatic heterocycles. The van der Waals surface area contributed by atoms with Crippen LogP contribution in [0.5, 0.6) is 0 Å². The number of hydrogen-bond donors (Lipinski definition) is 2. The quantitative estimate of drug-likeness (QED) is 0.787. The van der Waals surface area contributed by atoms with Crippen molar-refractivity contribution in [2.24, 2.45) is 11.3 Å². The largest absolute Gasteiger partial charge is 0.311 e. The molecule has 2 heterocycles. The summed E-state index contributed by atoms with van der Waals surface area (Å²) in [6.45, 7) is 12.9. The molecule has 0 amide bonds. The van der Waals surface area contributed by atoms with Gasteiger partial charge in [-0.2, -0.15) is 0 Å². The second-order valence-electron chi connectivity index (χ2n) is 8.05. The van der Waals surface area contributed by atoms with E-state index in [-0.39, 0.29) is 5.54 Å². The van der Waals surface area contributed by atoms with E-state index in [1.54, 1.807) is 0 Å². The second kappa shape index (κ2) is 4.55. The summed E-state index contributed by atoms with van der Waals surface area (Å²) in [5.41, 5.74) is 0.670. The zero-order valence-electron chi connectivity index (χ0n) is 12.3. The maximum Gasteiger partial charge on any atom is 0.0130 e. The van der Waals surface area contributed by atoms with Crippen LogP contribution in [0.3, 0.4) is 0 Å². The molecule has 2 heteroatoms. The van der Waals surface area contributed by atoms with Crippen molar-refractivity contribution in [1.82, 2.24) is 10.6 Å². The van der Waals surface area contributed by atoms with Gasteiger partial charge in [-0.15, -0.1) is 0 Å². The van der Waals surface area contributed by atoms with Gasteiger partial charge in [-0.1, -0.05) is 20.8 Å². The van der Waals surface area contributed by atoms with Crippen molar-refractivity contribution in [1.29, 1.82) is 0 Å². The fraction of sp³-hybridized carbons (Fsp3) is 1.00. The van der Waals surface area contributed by atoms with Gasteiger partial charge in [-0.25, -0.2) is 0 Å². The molecular weight excluding hydrogens is 208 g/mol. The number of nitrogens with one attached hydrogen (secondary N) is 2. The summed E-state index contributed by atoms with van der Waals surface area (Å²) in [7, 11) is 0. The Hall–Kier alpha value is -0.0800. The van der Waals surface area contributed by atoms with E-state index < -0.39 is 0 Å². The first kappa shape index (κ1) is 13.4. The Morgan fingerprint density at radius 3 is 2.29 bits per heavy atom. The molecule has 2 saturated heterocycles. The molecule has 0 saturated carbocycles. The van der Waals surface area contributed by atoms with Crippen molar-refractivity contribution in [3.63, 3.8) is 0 Å². The summed E-state index contributed by atoms with van der Waals surface area (Å²) < 4.78 is 0. The molecule has 0 spiro atoms. The molecule has 3 unspecified atom stereocenters. The Morgan fingerprint density at radius 1 is 1.12 bits per heavy atom. The monoisotopic (exact) mass is 238 g/mol. The van der Waals surface area contributed by atoms with Crippen LogP contribution < -0.4 is 10.6 Å². The van der Waals surface area contributed by atoms with E-state index in [4.69, 9.17) is 0 Å². The van der Waals surface area contributed by atoms with Gasteiger partial charge in [0.15, 0.2) is 0 Å². The van der Waals surface area contributed by atoms with E-state index in [2.05, 4.69) is 45.3 Å². The first-order chi connectivity index (χ1) is 7.75. The van der Waals surface area contributed by atoms with Gasteiger partial charge in [-0.3, -0.25) is 0 Å². The molecule has 2 bridgehead atoms. The van der Waals surface area contributed by atoms with Crippen LogP contribution in [-0.4, -0.2) is 24.2 Å². The molecule has 2 N–H and O–H groups in total. The Balaban J connectivity index is 1.77. The van der Waals surface area contributed by atoms with Crippen LogP contribution in [0.25, 0.3) is 0 Å². The Kier molecular flexibility index (Phi) is 3.57. The Labute approximate surface area is 107 Å². The first-order valence-corrected chi connectivity index (χ1v) is 7.26. The summed E-state index contributed by atoms with van der Waals surface area (Å²) in [6, 6.07) is 1.63. The zero-order chi connectivity index (χ0) is 12.7. The average molecular weight is 238 g/mol. The van der Waals surface area contributed by atoms with E-state index in [0.717, 1.165) is 18.0 Å². The lowest BCUT2D eigenvalue weighted by Gasteiger charge is -2.35. The summed E-state index contributed by atoms with van der Waals surface area (Å²) in [6.07, 6.45) is 5.43. The molecule has 100 valence electrons. The third-order valence-corrected chi connectivity index (χ3v) is 4.25. The minimum absolute atomic E-state index is 0.264. The van der Waals surface area contributed by atoms with Gasteiger partial charge in [-0.05, 0) is 57.4 Å². The van der Waals surface area contributed by atoms with E-state index in [1.807, 2.05) is 0 Å². The van der Waals surface area contributed by atoms with Crippen molar-refractivity contribution in [2.45, 2.75) is 77.9 Å². The van der Waals surface area contributed by atoms with E-state index in [1.165, 1.54) is 32.2 Å². The lowest BCUT2D eigenvalue weighted by molar-refractivity contribution is 0.225. The van der Waals surface area contributed by atoms with Crippen LogP contribution in [0.15, 0.2) is 0 Å². The highest BCUT2D eigenvalue weighted by atomic mass is 15.1. The highest BCUT2D eigenvalue weighted by Crippen LogP contribution is 2.33. The van der Waals surface area contributed by atoms with Gasteiger partial charge in [0.25, 0.3) is 0 Å². The minimum atomic E-state index is 0.264. The molecule has 3 atom stereocenters. The first-order valence-electron chi connectivity index (χ1n) is 7.26. The van der Waals surface area contributed by atoms with Crippen LogP contribution in [-0.2, 0) is 0 Å². The van der Waals surface area contributed by atoms with Crippen molar-refractivity contribution in [3.8, 4) is 0 Å². The summed E-state index contributed by atoms with van der Waals surface area (Å²) >= 11 is 0. The van der Waals surface area contributed by atoms with E-state index >= 15 is 0 Å². The van der Waals surface area contributed by atoms with Crippen molar-refractivity contribution in [3.05, 3.63) is 0 Å². The lowest BCUT2D eigenvalue weighted by Crippen LogP contribution is -2.46. The van der Waals surface area contributed by atoms with Crippen molar-refractivity contribution >= 4 is 0 Å². The Morgan fingerprint density at radius 2 is 1.82 bits per heavy atom. The van der Waals surface area contributed by atoms with Crippen LogP contribution in [0, 0.1) is 11.3 Å². The van der Waals surface area contributed by atoms with Crippen molar-refractivity contribution in [2.75, 3.05) is 6.54 Å². The third kappa shape index (κ3) is 3.69. The highest BCUT2D eigenvalue weighted by molar-refractivity contribution is 4.99. The predicted octanol–water partition coefficient (Wildman–Crippen LogP) is 2.93. The molecule has 0 aromatic rings. The SMILES string of the molecule is CC(C)(C)CC(C)(C)NCC1CC2CCC1N2. The second-order valence-corrected chi connectivity index (χ2v) is 8.05. The highest BCUT2D eigenvalue weighted by Gasteiger charge is 2.39. The van der Waals surface area contributed by atoms with Gasteiger partial charge in [0.2, 0.25) is 0 Å².